The number of carbonyl (C=O) groups is 1. The van der Waals surface area contributed by atoms with Gasteiger partial charge >= 0.3 is 6.03 Å². The van der Waals surface area contributed by atoms with Crippen molar-refractivity contribution in [2.75, 3.05) is 32.2 Å². The SMILES string of the molecule is COCCNC(=O)Nc1cnn(CC2COc3ccccc3O2)c1. The monoisotopic (exact) mass is 332 g/mol. The molecule has 0 bridgehead atoms. The van der Waals surface area contributed by atoms with Gasteiger partial charge in [-0.1, -0.05) is 12.1 Å². The fourth-order valence-electron chi connectivity index (χ4n) is 2.33. The van der Waals surface area contributed by atoms with E-state index in [0.717, 1.165) is 11.5 Å². The first-order chi connectivity index (χ1) is 11.7. The third-order valence-corrected chi connectivity index (χ3v) is 3.44. The summed E-state index contributed by atoms with van der Waals surface area (Å²) in [6.07, 6.45) is 3.20. The molecule has 8 nitrogen and oxygen atoms in total. The number of amides is 2. The zero-order valence-corrected chi connectivity index (χ0v) is 13.4. The molecule has 1 aromatic heterocycles. The standard InChI is InChI=1S/C16H20N4O4/c1-22-7-6-17-16(21)19-12-8-18-20(9-12)10-13-11-23-14-4-2-3-5-15(14)24-13/h2-5,8-9,13H,6-7,10-11H2,1H3,(H2,17,19,21). The lowest BCUT2D eigenvalue weighted by Gasteiger charge is -2.26. The average Bonchev–Trinajstić information content (AvgIpc) is 3.02. The number of hydrogen-bond acceptors (Lipinski definition) is 5. The second-order valence-electron chi connectivity index (χ2n) is 5.32. The molecule has 0 saturated carbocycles. The van der Waals surface area contributed by atoms with E-state index >= 15 is 0 Å². The molecule has 1 aliphatic heterocycles. The molecule has 1 aromatic carbocycles. The van der Waals surface area contributed by atoms with Crippen LogP contribution in [0.1, 0.15) is 0 Å². The number of methoxy groups -OCH3 is 1. The first-order valence-electron chi connectivity index (χ1n) is 7.69. The Morgan fingerprint density at radius 3 is 3.08 bits per heavy atom. The summed E-state index contributed by atoms with van der Waals surface area (Å²) in [5, 5.41) is 9.62. The van der Waals surface area contributed by atoms with Crippen molar-refractivity contribution >= 4 is 11.7 Å². The highest BCUT2D eigenvalue weighted by Gasteiger charge is 2.21. The summed E-state index contributed by atoms with van der Waals surface area (Å²) in [5.41, 5.74) is 0.613. The zero-order chi connectivity index (χ0) is 16.8. The number of nitrogens with one attached hydrogen (secondary N) is 2. The number of nitrogens with zero attached hydrogens (tertiary/aromatic N) is 2. The van der Waals surface area contributed by atoms with E-state index in [2.05, 4.69) is 15.7 Å². The average molecular weight is 332 g/mol. The molecule has 2 amide bonds. The van der Waals surface area contributed by atoms with Gasteiger partial charge in [0, 0.05) is 19.9 Å². The lowest BCUT2D eigenvalue weighted by Crippen LogP contribution is -2.33. The van der Waals surface area contributed by atoms with Crippen LogP contribution in [0.3, 0.4) is 0 Å². The Balaban J connectivity index is 1.50. The molecule has 0 radical (unpaired) electrons. The van der Waals surface area contributed by atoms with E-state index in [9.17, 15) is 4.79 Å². The molecule has 1 unspecified atom stereocenters. The Bertz CT molecular complexity index is 688. The minimum Gasteiger partial charge on any atom is -0.486 e. The molecule has 1 aliphatic rings. The van der Waals surface area contributed by atoms with Crippen LogP contribution in [0.15, 0.2) is 36.7 Å². The van der Waals surface area contributed by atoms with Crippen molar-refractivity contribution in [1.82, 2.24) is 15.1 Å². The zero-order valence-electron chi connectivity index (χ0n) is 13.4. The predicted molar refractivity (Wildman–Crippen MR) is 87.5 cm³/mol. The van der Waals surface area contributed by atoms with Crippen molar-refractivity contribution in [3.63, 3.8) is 0 Å². The molecule has 0 aliphatic carbocycles. The summed E-state index contributed by atoms with van der Waals surface area (Å²) < 4.78 is 18.2. The van der Waals surface area contributed by atoms with E-state index < -0.39 is 0 Å². The number of hydrogen-bond donors (Lipinski definition) is 2. The van der Waals surface area contributed by atoms with Crippen LogP contribution in [0.4, 0.5) is 10.5 Å². The minimum atomic E-state index is -0.294. The molecular weight excluding hydrogens is 312 g/mol. The van der Waals surface area contributed by atoms with Gasteiger partial charge < -0.3 is 24.8 Å². The highest BCUT2D eigenvalue weighted by molar-refractivity contribution is 5.88. The van der Waals surface area contributed by atoms with Crippen LogP contribution in [0, 0.1) is 0 Å². The van der Waals surface area contributed by atoms with Gasteiger partial charge in [0.2, 0.25) is 0 Å². The molecule has 8 heteroatoms. The lowest BCUT2D eigenvalue weighted by atomic mass is 10.2. The van der Waals surface area contributed by atoms with Crippen molar-refractivity contribution in [3.8, 4) is 11.5 Å². The van der Waals surface area contributed by atoms with Gasteiger partial charge in [-0.25, -0.2) is 4.79 Å². The molecule has 3 rings (SSSR count). The van der Waals surface area contributed by atoms with Crippen LogP contribution in [-0.4, -0.2) is 48.8 Å². The van der Waals surface area contributed by atoms with E-state index in [4.69, 9.17) is 14.2 Å². The number of urea groups is 1. The van der Waals surface area contributed by atoms with E-state index in [-0.39, 0.29) is 12.1 Å². The predicted octanol–water partition coefficient (Wildman–Crippen LogP) is 1.49. The molecule has 128 valence electrons. The maximum atomic E-state index is 11.7. The second-order valence-corrected chi connectivity index (χ2v) is 5.32. The molecule has 0 fully saturated rings. The molecule has 24 heavy (non-hydrogen) atoms. The molecule has 2 aromatic rings. The third kappa shape index (κ3) is 4.17. The number of fused-ring (bicyclic) bond motifs is 1. The summed E-state index contributed by atoms with van der Waals surface area (Å²) in [6.45, 7) is 1.90. The fourth-order valence-corrected chi connectivity index (χ4v) is 2.33. The number of anilines is 1. The highest BCUT2D eigenvalue weighted by atomic mass is 16.6. The van der Waals surface area contributed by atoms with Crippen molar-refractivity contribution in [2.24, 2.45) is 0 Å². The van der Waals surface area contributed by atoms with Crippen LogP contribution in [0.2, 0.25) is 0 Å². The van der Waals surface area contributed by atoms with Crippen LogP contribution in [-0.2, 0) is 11.3 Å². The molecule has 2 N–H and O–H groups in total. The van der Waals surface area contributed by atoms with E-state index in [1.165, 1.54) is 0 Å². The lowest BCUT2D eigenvalue weighted by molar-refractivity contribution is 0.0759. The Hall–Kier alpha value is -2.74. The quantitative estimate of drug-likeness (QED) is 0.783. The van der Waals surface area contributed by atoms with Crippen LogP contribution >= 0.6 is 0 Å². The van der Waals surface area contributed by atoms with Gasteiger partial charge in [-0.2, -0.15) is 5.10 Å². The summed E-state index contributed by atoms with van der Waals surface area (Å²) >= 11 is 0. The van der Waals surface area contributed by atoms with Gasteiger partial charge in [-0.3, -0.25) is 4.68 Å². The molecular formula is C16H20N4O4. The Morgan fingerprint density at radius 2 is 2.25 bits per heavy atom. The summed E-state index contributed by atoms with van der Waals surface area (Å²) in [7, 11) is 1.58. The van der Waals surface area contributed by atoms with Crippen molar-refractivity contribution < 1.29 is 19.0 Å². The summed E-state index contributed by atoms with van der Waals surface area (Å²) in [5.74, 6) is 1.49. The van der Waals surface area contributed by atoms with E-state index in [0.29, 0.717) is 32.0 Å². The Labute approximate surface area is 139 Å². The van der Waals surface area contributed by atoms with Gasteiger partial charge in [0.15, 0.2) is 17.6 Å². The van der Waals surface area contributed by atoms with E-state index in [1.807, 2.05) is 24.3 Å². The number of benzene rings is 1. The topological polar surface area (TPSA) is 86.6 Å². The van der Waals surface area contributed by atoms with Gasteiger partial charge in [-0.05, 0) is 12.1 Å². The maximum Gasteiger partial charge on any atom is 0.319 e. The first kappa shape index (κ1) is 16.1. The molecule has 2 heterocycles. The highest BCUT2D eigenvalue weighted by Crippen LogP contribution is 2.31. The van der Waals surface area contributed by atoms with Gasteiger partial charge in [0.25, 0.3) is 0 Å². The number of ether oxygens (including phenoxy) is 3. The number of para-hydroxylation sites is 2. The minimum absolute atomic E-state index is 0.136. The maximum absolute atomic E-state index is 11.7. The van der Waals surface area contributed by atoms with Crippen LogP contribution in [0.25, 0.3) is 0 Å². The molecule has 1 atom stereocenters. The largest absolute Gasteiger partial charge is 0.486 e. The second kappa shape index (κ2) is 7.69. The first-order valence-corrected chi connectivity index (χ1v) is 7.69. The number of carbonyl (C=O) groups excluding carboxylic acids is 1. The Kier molecular flexibility index (Phi) is 5.17. The number of aromatic nitrogens is 2. The fraction of sp³-hybridized carbons (Fsp3) is 0.375. The summed E-state index contributed by atoms with van der Waals surface area (Å²) in [4.78, 5) is 11.7. The van der Waals surface area contributed by atoms with Gasteiger partial charge in [-0.15, -0.1) is 0 Å². The Morgan fingerprint density at radius 1 is 1.42 bits per heavy atom. The third-order valence-electron chi connectivity index (χ3n) is 3.44. The smallest absolute Gasteiger partial charge is 0.319 e. The molecule has 0 spiro atoms. The van der Waals surface area contributed by atoms with Gasteiger partial charge in [0.05, 0.1) is 25.0 Å². The normalized spacial score (nSPS) is 15.8. The van der Waals surface area contributed by atoms with Crippen molar-refractivity contribution in [1.29, 1.82) is 0 Å². The summed E-state index contributed by atoms with van der Waals surface area (Å²) in [6, 6.07) is 7.28. The van der Waals surface area contributed by atoms with Gasteiger partial charge in [0.1, 0.15) is 6.61 Å². The molecule has 0 saturated heterocycles. The number of rotatable bonds is 6. The van der Waals surface area contributed by atoms with E-state index in [1.54, 1.807) is 24.2 Å². The van der Waals surface area contributed by atoms with Crippen molar-refractivity contribution in [3.05, 3.63) is 36.7 Å². The van der Waals surface area contributed by atoms with Crippen molar-refractivity contribution in [2.45, 2.75) is 12.6 Å². The van der Waals surface area contributed by atoms with Crippen LogP contribution in [0.5, 0.6) is 11.5 Å². The van der Waals surface area contributed by atoms with Crippen LogP contribution < -0.4 is 20.1 Å².